The van der Waals surface area contributed by atoms with Crippen LogP contribution in [-0.2, 0) is 4.74 Å². The minimum Gasteiger partial charge on any atom is -0.444 e. The van der Waals surface area contributed by atoms with Gasteiger partial charge in [-0.2, -0.15) is 0 Å². The normalized spacial score (nSPS) is 26.8. The molecule has 0 aromatic rings. The van der Waals surface area contributed by atoms with Crippen LogP contribution in [0.25, 0.3) is 0 Å². The highest BCUT2D eigenvalue weighted by molar-refractivity contribution is 5.68. The van der Waals surface area contributed by atoms with Crippen LogP contribution >= 0.6 is 0 Å². The van der Waals surface area contributed by atoms with Crippen LogP contribution in [0, 0.1) is 5.92 Å². The molecule has 0 bridgehead atoms. The summed E-state index contributed by atoms with van der Waals surface area (Å²) in [5, 5.41) is 2.97. The second kappa shape index (κ2) is 6.44. The summed E-state index contributed by atoms with van der Waals surface area (Å²) in [6.07, 6.45) is 10.5. The van der Waals surface area contributed by atoms with Crippen LogP contribution in [0.15, 0.2) is 24.3 Å². The van der Waals surface area contributed by atoms with Gasteiger partial charge in [-0.05, 0) is 39.5 Å². The summed E-state index contributed by atoms with van der Waals surface area (Å²) in [5.41, 5.74) is -0.429. The van der Waals surface area contributed by atoms with Crippen LogP contribution in [-0.4, -0.2) is 42.3 Å². The summed E-state index contributed by atoms with van der Waals surface area (Å²) in [6, 6.07) is 0.216. The van der Waals surface area contributed by atoms with Crippen LogP contribution in [0.2, 0.25) is 0 Å². The van der Waals surface area contributed by atoms with Crippen molar-refractivity contribution in [3.05, 3.63) is 24.3 Å². The molecule has 4 heteroatoms. The Morgan fingerprint density at radius 2 is 2.20 bits per heavy atom. The minimum absolute atomic E-state index is 0.216. The van der Waals surface area contributed by atoms with Crippen LogP contribution in [0.3, 0.4) is 0 Å². The van der Waals surface area contributed by atoms with Gasteiger partial charge in [0.1, 0.15) is 5.60 Å². The fourth-order valence-electron chi connectivity index (χ4n) is 2.69. The quantitative estimate of drug-likeness (QED) is 0.863. The van der Waals surface area contributed by atoms with E-state index in [0.29, 0.717) is 5.92 Å². The molecule has 1 aliphatic heterocycles. The Labute approximate surface area is 121 Å². The fraction of sp³-hybridized carbons (Fsp3) is 0.688. The summed E-state index contributed by atoms with van der Waals surface area (Å²) in [4.78, 5) is 14.2. The van der Waals surface area contributed by atoms with Gasteiger partial charge in [-0.1, -0.05) is 24.3 Å². The first-order valence-electron chi connectivity index (χ1n) is 7.47. The van der Waals surface area contributed by atoms with Crippen molar-refractivity contribution < 1.29 is 9.53 Å². The molecule has 2 rings (SSSR count). The molecule has 2 aliphatic rings. The van der Waals surface area contributed by atoms with E-state index in [4.69, 9.17) is 4.74 Å². The lowest BCUT2D eigenvalue weighted by Gasteiger charge is -2.23. The van der Waals surface area contributed by atoms with E-state index in [9.17, 15) is 4.79 Å². The van der Waals surface area contributed by atoms with Gasteiger partial charge in [0.05, 0.1) is 0 Å². The first-order chi connectivity index (χ1) is 9.42. The molecule has 0 radical (unpaired) electrons. The highest BCUT2D eigenvalue weighted by Gasteiger charge is 2.26. The average Bonchev–Trinajstić information content (AvgIpc) is 2.75. The molecule has 0 aromatic carbocycles. The maximum absolute atomic E-state index is 11.7. The molecule has 1 N–H and O–H groups in total. The molecule has 1 heterocycles. The molecule has 2 atom stereocenters. The average molecular weight is 278 g/mol. The van der Waals surface area contributed by atoms with E-state index < -0.39 is 5.60 Å². The van der Waals surface area contributed by atoms with Gasteiger partial charge in [0.25, 0.3) is 0 Å². The third-order valence-electron chi connectivity index (χ3n) is 3.56. The van der Waals surface area contributed by atoms with Crippen LogP contribution < -0.4 is 5.32 Å². The summed E-state index contributed by atoms with van der Waals surface area (Å²) < 4.78 is 5.30. The fourth-order valence-corrected chi connectivity index (χ4v) is 2.69. The second-order valence-electron chi connectivity index (χ2n) is 6.70. The summed E-state index contributed by atoms with van der Waals surface area (Å²) in [5.74, 6) is 0.611. The van der Waals surface area contributed by atoms with Crippen molar-refractivity contribution in [3.63, 3.8) is 0 Å². The molecule has 0 saturated carbocycles. The number of hydrogen-bond acceptors (Lipinski definition) is 3. The Morgan fingerprint density at radius 1 is 1.40 bits per heavy atom. The van der Waals surface area contributed by atoms with E-state index in [1.165, 1.54) is 0 Å². The Kier molecular flexibility index (Phi) is 4.86. The SMILES string of the molecule is CC(C)(C)OC(=O)N[C@@H]1CCN(CC2C=CC=CC2)C1. The number of ether oxygens (including phenoxy) is 1. The monoisotopic (exact) mass is 278 g/mol. The zero-order valence-electron chi connectivity index (χ0n) is 12.8. The van der Waals surface area contributed by atoms with Crippen molar-refractivity contribution >= 4 is 6.09 Å². The third-order valence-corrected chi connectivity index (χ3v) is 3.56. The standard InChI is InChI=1S/C16H26N2O2/c1-16(2,3)20-15(19)17-14-9-10-18(12-14)11-13-7-5-4-6-8-13/h4-7,13-14H,8-12H2,1-3H3,(H,17,19)/t13?,14-/m1/s1. The number of carbonyl (C=O) groups is 1. The zero-order chi connectivity index (χ0) is 14.6. The van der Waals surface area contributed by atoms with Gasteiger partial charge in [-0.3, -0.25) is 0 Å². The number of nitrogens with one attached hydrogen (secondary N) is 1. The first-order valence-corrected chi connectivity index (χ1v) is 7.47. The number of carbonyl (C=O) groups excluding carboxylic acids is 1. The molecule has 112 valence electrons. The Hall–Kier alpha value is -1.29. The van der Waals surface area contributed by atoms with E-state index in [1.54, 1.807) is 0 Å². The number of alkyl carbamates (subject to hydrolysis) is 1. The predicted octanol–water partition coefficient (Wildman–Crippen LogP) is 2.72. The Balaban J connectivity index is 1.71. The van der Waals surface area contributed by atoms with Gasteiger partial charge in [-0.15, -0.1) is 0 Å². The Morgan fingerprint density at radius 3 is 2.85 bits per heavy atom. The van der Waals surface area contributed by atoms with Gasteiger partial charge < -0.3 is 15.0 Å². The lowest BCUT2D eigenvalue weighted by atomic mass is 10.0. The maximum Gasteiger partial charge on any atom is 0.407 e. The largest absolute Gasteiger partial charge is 0.444 e. The van der Waals surface area contributed by atoms with Gasteiger partial charge in [0, 0.05) is 25.7 Å². The predicted molar refractivity (Wildman–Crippen MR) is 80.6 cm³/mol. The molecule has 1 unspecified atom stereocenters. The molecule has 20 heavy (non-hydrogen) atoms. The van der Waals surface area contributed by atoms with E-state index in [2.05, 4.69) is 34.5 Å². The second-order valence-corrected chi connectivity index (χ2v) is 6.70. The molecule has 0 aromatic heterocycles. The first kappa shape index (κ1) is 15.1. The van der Waals surface area contributed by atoms with Crippen molar-refractivity contribution in [2.75, 3.05) is 19.6 Å². The summed E-state index contributed by atoms with van der Waals surface area (Å²) in [6.45, 7) is 8.71. The van der Waals surface area contributed by atoms with Crippen molar-refractivity contribution in [1.82, 2.24) is 10.2 Å². The molecular formula is C16H26N2O2. The van der Waals surface area contributed by atoms with Gasteiger partial charge in [-0.25, -0.2) is 4.79 Å². The summed E-state index contributed by atoms with van der Waals surface area (Å²) >= 11 is 0. The van der Waals surface area contributed by atoms with Crippen molar-refractivity contribution in [2.24, 2.45) is 5.92 Å². The van der Waals surface area contributed by atoms with Gasteiger partial charge in [0.15, 0.2) is 0 Å². The lowest BCUT2D eigenvalue weighted by Crippen LogP contribution is -2.41. The molecule has 1 fully saturated rings. The lowest BCUT2D eigenvalue weighted by molar-refractivity contribution is 0.0505. The number of allylic oxidation sites excluding steroid dienone is 3. The van der Waals surface area contributed by atoms with E-state index in [1.807, 2.05) is 20.8 Å². The molecule has 0 spiro atoms. The molecule has 1 saturated heterocycles. The summed E-state index contributed by atoms with van der Waals surface area (Å²) in [7, 11) is 0. The number of likely N-dealkylation sites (tertiary alicyclic amines) is 1. The maximum atomic E-state index is 11.7. The van der Waals surface area contributed by atoms with Gasteiger partial charge >= 0.3 is 6.09 Å². The molecular weight excluding hydrogens is 252 g/mol. The molecule has 4 nitrogen and oxygen atoms in total. The van der Waals surface area contributed by atoms with E-state index >= 15 is 0 Å². The number of hydrogen-bond donors (Lipinski definition) is 1. The van der Waals surface area contributed by atoms with Crippen molar-refractivity contribution in [3.8, 4) is 0 Å². The van der Waals surface area contributed by atoms with E-state index in [-0.39, 0.29) is 12.1 Å². The number of amides is 1. The van der Waals surface area contributed by atoms with Crippen LogP contribution in [0.4, 0.5) is 4.79 Å². The van der Waals surface area contributed by atoms with E-state index in [0.717, 1.165) is 32.5 Å². The minimum atomic E-state index is -0.429. The molecule has 1 aliphatic carbocycles. The van der Waals surface area contributed by atoms with Gasteiger partial charge in [0.2, 0.25) is 0 Å². The van der Waals surface area contributed by atoms with Crippen LogP contribution in [0.1, 0.15) is 33.6 Å². The van der Waals surface area contributed by atoms with Crippen molar-refractivity contribution in [1.29, 1.82) is 0 Å². The van der Waals surface area contributed by atoms with Crippen molar-refractivity contribution in [2.45, 2.75) is 45.3 Å². The van der Waals surface area contributed by atoms with Crippen LogP contribution in [0.5, 0.6) is 0 Å². The Bertz CT molecular complexity index is 396. The third kappa shape index (κ3) is 5.00. The number of rotatable bonds is 3. The highest BCUT2D eigenvalue weighted by atomic mass is 16.6. The highest BCUT2D eigenvalue weighted by Crippen LogP contribution is 2.17. The zero-order valence-corrected chi connectivity index (χ0v) is 12.8. The molecule has 1 amide bonds. The smallest absolute Gasteiger partial charge is 0.407 e. The number of nitrogens with zero attached hydrogens (tertiary/aromatic N) is 1. The topological polar surface area (TPSA) is 41.6 Å².